The molecule has 0 atom stereocenters. The highest BCUT2D eigenvalue weighted by molar-refractivity contribution is 14.1. The van der Waals surface area contributed by atoms with Gasteiger partial charge in [0.1, 0.15) is 0 Å². The summed E-state index contributed by atoms with van der Waals surface area (Å²) < 4.78 is 36.8. The fourth-order valence-corrected chi connectivity index (χ4v) is 2.36. The van der Waals surface area contributed by atoms with Crippen LogP contribution in [0.5, 0.6) is 0 Å². The first-order valence-corrected chi connectivity index (χ1v) is 5.33. The van der Waals surface area contributed by atoms with Crippen molar-refractivity contribution >= 4 is 40.0 Å². The third kappa shape index (κ3) is 3.93. The second kappa shape index (κ2) is 4.58. The number of benzene rings is 1. The van der Waals surface area contributed by atoms with Crippen molar-refractivity contribution in [3.8, 4) is 0 Å². The summed E-state index contributed by atoms with van der Waals surface area (Å²) in [4.78, 5) is 0.123. The highest BCUT2D eigenvalue weighted by Crippen LogP contribution is 2.38. The minimum absolute atomic E-state index is 0.123. The minimum atomic E-state index is -4.27. The molecule has 1 aromatic rings. The van der Waals surface area contributed by atoms with E-state index in [0.29, 0.717) is 9.26 Å². The van der Waals surface area contributed by atoms with Crippen LogP contribution in [-0.4, -0.2) is 5.51 Å². The molecule has 0 bridgehead atoms. The van der Waals surface area contributed by atoms with E-state index in [9.17, 15) is 13.2 Å². The fraction of sp³-hybridized carbons (Fsp3) is 0.143. The number of alkyl halides is 3. The van der Waals surface area contributed by atoms with Crippen LogP contribution in [0.25, 0.3) is 0 Å². The summed E-state index contributed by atoms with van der Waals surface area (Å²) in [5.74, 6) is 5.11. The van der Waals surface area contributed by atoms with Crippen molar-refractivity contribution in [2.75, 3.05) is 5.43 Å². The standard InChI is InChI=1S/C7H6F3IN2S/c8-7(9,10)14-6-2-4(11)1-5(3-6)13-12/h1-3,13H,12H2. The van der Waals surface area contributed by atoms with Crippen molar-refractivity contribution in [2.24, 2.45) is 5.84 Å². The van der Waals surface area contributed by atoms with Crippen molar-refractivity contribution < 1.29 is 13.2 Å². The molecule has 78 valence electrons. The Hall–Kier alpha value is -0.150. The van der Waals surface area contributed by atoms with E-state index in [2.05, 4.69) is 5.43 Å². The zero-order chi connectivity index (χ0) is 10.8. The van der Waals surface area contributed by atoms with Gasteiger partial charge >= 0.3 is 5.51 Å². The van der Waals surface area contributed by atoms with Gasteiger partial charge in [-0.15, -0.1) is 0 Å². The number of hydrogen-bond acceptors (Lipinski definition) is 3. The number of anilines is 1. The van der Waals surface area contributed by atoms with Crippen molar-refractivity contribution in [2.45, 2.75) is 10.4 Å². The summed E-state index contributed by atoms with van der Waals surface area (Å²) in [6.45, 7) is 0. The zero-order valence-electron chi connectivity index (χ0n) is 6.73. The number of rotatable bonds is 2. The van der Waals surface area contributed by atoms with Gasteiger partial charge in [0, 0.05) is 8.47 Å². The maximum atomic E-state index is 12.0. The molecule has 1 aromatic carbocycles. The van der Waals surface area contributed by atoms with Crippen molar-refractivity contribution in [1.29, 1.82) is 0 Å². The first-order valence-electron chi connectivity index (χ1n) is 3.43. The molecule has 3 N–H and O–H groups in total. The lowest BCUT2D eigenvalue weighted by Gasteiger charge is -2.08. The summed E-state index contributed by atoms with van der Waals surface area (Å²) in [6, 6.07) is 4.45. The molecule has 0 saturated heterocycles. The van der Waals surface area contributed by atoms with Crippen molar-refractivity contribution in [3.05, 3.63) is 21.8 Å². The Bertz CT molecular complexity index is 329. The molecule has 0 aromatic heterocycles. The second-order valence-corrected chi connectivity index (χ2v) is 4.75. The molecule has 0 aliphatic carbocycles. The molecule has 2 nitrogen and oxygen atoms in total. The molecule has 0 radical (unpaired) electrons. The summed E-state index contributed by atoms with van der Waals surface area (Å²) >= 11 is 1.77. The van der Waals surface area contributed by atoms with Crippen LogP contribution >= 0.6 is 34.4 Å². The highest BCUT2D eigenvalue weighted by atomic mass is 127. The molecule has 0 fully saturated rings. The van der Waals surface area contributed by atoms with Gasteiger partial charge in [-0.1, -0.05) is 0 Å². The summed E-state index contributed by atoms with van der Waals surface area (Å²) in [5, 5.41) is 0. The summed E-state index contributed by atoms with van der Waals surface area (Å²) in [7, 11) is 0. The summed E-state index contributed by atoms with van der Waals surface area (Å²) in [6.07, 6.45) is 0. The maximum Gasteiger partial charge on any atom is 0.446 e. The average Bonchev–Trinajstić information content (AvgIpc) is 1.99. The van der Waals surface area contributed by atoms with Crippen LogP contribution < -0.4 is 11.3 Å². The van der Waals surface area contributed by atoms with Gasteiger partial charge in [-0.25, -0.2) is 0 Å². The lowest BCUT2D eigenvalue weighted by molar-refractivity contribution is -0.0328. The average molecular weight is 334 g/mol. The third-order valence-corrected chi connectivity index (χ3v) is 2.60. The van der Waals surface area contributed by atoms with Gasteiger partial charge in [-0.05, 0) is 52.6 Å². The van der Waals surface area contributed by atoms with Crippen molar-refractivity contribution in [1.82, 2.24) is 0 Å². The SMILES string of the molecule is NNc1cc(I)cc(SC(F)(F)F)c1. The molecule has 1 rings (SSSR count). The largest absolute Gasteiger partial charge is 0.446 e. The van der Waals surface area contributed by atoms with Gasteiger partial charge in [-0.3, -0.25) is 5.84 Å². The molecule has 0 saturated carbocycles. The molecule has 0 spiro atoms. The normalized spacial score (nSPS) is 11.5. The number of nitrogen functional groups attached to an aromatic ring is 1. The maximum absolute atomic E-state index is 12.0. The lowest BCUT2D eigenvalue weighted by Crippen LogP contribution is -2.07. The highest BCUT2D eigenvalue weighted by Gasteiger charge is 2.29. The van der Waals surface area contributed by atoms with E-state index < -0.39 is 5.51 Å². The van der Waals surface area contributed by atoms with Crippen LogP contribution in [0.1, 0.15) is 0 Å². The quantitative estimate of drug-likeness (QED) is 0.378. The van der Waals surface area contributed by atoms with E-state index in [1.54, 1.807) is 6.07 Å². The van der Waals surface area contributed by atoms with Gasteiger partial charge in [0.25, 0.3) is 0 Å². The van der Waals surface area contributed by atoms with E-state index in [4.69, 9.17) is 5.84 Å². The Morgan fingerprint density at radius 2 is 1.93 bits per heavy atom. The molecule has 0 aliphatic rings. The third-order valence-electron chi connectivity index (χ3n) is 1.27. The number of nitrogens with one attached hydrogen (secondary N) is 1. The molecular formula is C7H6F3IN2S. The molecule has 7 heteroatoms. The lowest BCUT2D eigenvalue weighted by atomic mass is 10.3. The predicted octanol–water partition coefficient (Wildman–Crippen LogP) is 3.19. The van der Waals surface area contributed by atoms with Gasteiger partial charge in [0.05, 0.1) is 5.69 Å². The number of hydrogen-bond donors (Lipinski definition) is 2. The van der Waals surface area contributed by atoms with E-state index in [-0.39, 0.29) is 16.7 Å². The number of halogens is 4. The number of nitrogens with two attached hydrogens (primary N) is 1. The Morgan fingerprint density at radius 1 is 1.29 bits per heavy atom. The molecule has 0 amide bonds. The van der Waals surface area contributed by atoms with Crippen LogP contribution in [0.2, 0.25) is 0 Å². The van der Waals surface area contributed by atoms with Crippen molar-refractivity contribution in [3.63, 3.8) is 0 Å². The second-order valence-electron chi connectivity index (χ2n) is 2.37. The van der Waals surface area contributed by atoms with E-state index in [1.165, 1.54) is 12.1 Å². The predicted molar refractivity (Wildman–Crippen MR) is 58.9 cm³/mol. The zero-order valence-corrected chi connectivity index (χ0v) is 9.70. The van der Waals surface area contributed by atoms with Gasteiger partial charge < -0.3 is 5.43 Å². The fourth-order valence-electron chi connectivity index (χ4n) is 0.839. The molecular weight excluding hydrogens is 328 g/mol. The topological polar surface area (TPSA) is 38.0 Å². The Morgan fingerprint density at radius 3 is 2.43 bits per heavy atom. The van der Waals surface area contributed by atoms with E-state index >= 15 is 0 Å². The molecule has 0 unspecified atom stereocenters. The molecule has 14 heavy (non-hydrogen) atoms. The summed E-state index contributed by atoms with van der Waals surface area (Å²) in [5.41, 5.74) is -1.50. The van der Waals surface area contributed by atoms with Crippen LogP contribution in [0.4, 0.5) is 18.9 Å². The van der Waals surface area contributed by atoms with Crippen LogP contribution in [0.3, 0.4) is 0 Å². The van der Waals surface area contributed by atoms with Crippen LogP contribution in [-0.2, 0) is 0 Å². The Labute approximate surface area is 96.5 Å². The smallest absolute Gasteiger partial charge is 0.324 e. The monoisotopic (exact) mass is 334 g/mol. The minimum Gasteiger partial charge on any atom is -0.324 e. The first kappa shape index (κ1) is 11.9. The van der Waals surface area contributed by atoms with E-state index in [0.717, 1.165) is 0 Å². The first-order chi connectivity index (χ1) is 6.40. The molecule has 0 heterocycles. The van der Waals surface area contributed by atoms with E-state index in [1.807, 2.05) is 22.6 Å². The number of hydrazine groups is 1. The van der Waals surface area contributed by atoms with Gasteiger partial charge in [0.15, 0.2) is 0 Å². The van der Waals surface area contributed by atoms with Crippen LogP contribution in [0, 0.1) is 3.57 Å². The number of thioether (sulfide) groups is 1. The Balaban J connectivity index is 2.92. The van der Waals surface area contributed by atoms with Crippen LogP contribution in [0.15, 0.2) is 23.1 Å². The van der Waals surface area contributed by atoms with Gasteiger partial charge in [0.2, 0.25) is 0 Å². The van der Waals surface area contributed by atoms with Gasteiger partial charge in [-0.2, -0.15) is 13.2 Å². The molecule has 0 aliphatic heterocycles. The Kier molecular flexibility index (Phi) is 3.90.